The van der Waals surface area contributed by atoms with Gasteiger partial charge in [-0.05, 0) is 36.1 Å². The van der Waals surface area contributed by atoms with Crippen LogP contribution in [-0.2, 0) is 9.53 Å². The van der Waals surface area contributed by atoms with E-state index in [1.165, 1.54) is 30.6 Å². The second kappa shape index (κ2) is 11.2. The van der Waals surface area contributed by atoms with Gasteiger partial charge in [0.2, 0.25) is 0 Å². The fraction of sp³-hybridized carbons (Fsp3) is 0.217. The first-order valence-corrected chi connectivity index (χ1v) is 11.0. The van der Waals surface area contributed by atoms with E-state index in [1.807, 2.05) is 5.38 Å². The lowest BCUT2D eigenvalue weighted by atomic mass is 10.1. The molecule has 1 heterocycles. The number of benzene rings is 2. The Morgan fingerprint density at radius 3 is 2.50 bits per heavy atom. The fourth-order valence-corrected chi connectivity index (χ4v) is 3.94. The molecule has 1 N–H and O–H groups in total. The van der Waals surface area contributed by atoms with E-state index in [2.05, 4.69) is 5.32 Å². The molecule has 0 spiro atoms. The molecule has 1 aromatic heterocycles. The number of carbonyl (C=O) groups excluding carboxylic acids is 2. The lowest BCUT2D eigenvalue weighted by molar-refractivity contribution is -0.385. The fourth-order valence-electron chi connectivity index (χ4n) is 3.13. The Morgan fingerprint density at radius 1 is 1.18 bits per heavy atom. The first-order valence-electron chi connectivity index (χ1n) is 10.1. The van der Waals surface area contributed by atoms with Gasteiger partial charge >= 0.3 is 5.97 Å². The Hall–Kier alpha value is -3.99. The number of nitrogens with one attached hydrogen (secondary N) is 1. The van der Waals surface area contributed by atoms with Crippen molar-refractivity contribution < 1.29 is 33.1 Å². The van der Waals surface area contributed by atoms with Crippen molar-refractivity contribution in [3.63, 3.8) is 0 Å². The molecule has 0 saturated carbocycles. The number of halogens is 1. The molecule has 34 heavy (non-hydrogen) atoms. The number of hydrogen-bond acceptors (Lipinski definition) is 8. The molecule has 0 aliphatic heterocycles. The number of esters is 1. The van der Waals surface area contributed by atoms with E-state index in [0.29, 0.717) is 5.56 Å². The number of methoxy groups -OCH3 is 1. The van der Waals surface area contributed by atoms with Crippen LogP contribution in [0.4, 0.5) is 10.1 Å². The largest absolute Gasteiger partial charge is 0.493 e. The zero-order valence-corrected chi connectivity index (χ0v) is 19.1. The molecule has 1 atom stereocenters. The van der Waals surface area contributed by atoms with E-state index in [-0.39, 0.29) is 23.7 Å². The minimum atomic E-state index is -1.07. The number of ether oxygens (including phenoxy) is 3. The van der Waals surface area contributed by atoms with E-state index in [9.17, 15) is 24.1 Å². The van der Waals surface area contributed by atoms with Crippen LogP contribution in [0.5, 0.6) is 11.5 Å². The zero-order valence-electron chi connectivity index (χ0n) is 18.3. The van der Waals surface area contributed by atoms with Crippen molar-refractivity contribution in [2.24, 2.45) is 0 Å². The molecule has 0 fully saturated rings. The summed E-state index contributed by atoms with van der Waals surface area (Å²) in [4.78, 5) is 36.7. The molecule has 0 bridgehead atoms. The Balaban J connectivity index is 1.75. The quantitative estimate of drug-likeness (QED) is 0.257. The van der Waals surface area contributed by atoms with Gasteiger partial charge in [-0.3, -0.25) is 14.9 Å². The molecule has 1 amide bonds. The topological polar surface area (TPSA) is 117 Å². The number of thiophene rings is 1. The van der Waals surface area contributed by atoms with E-state index >= 15 is 0 Å². The minimum absolute atomic E-state index is 0.101. The number of hydrogen-bond donors (Lipinski definition) is 1. The molecule has 11 heteroatoms. The lowest BCUT2D eigenvalue weighted by Gasteiger charge is -2.18. The van der Waals surface area contributed by atoms with Crippen molar-refractivity contribution in [1.29, 1.82) is 0 Å². The van der Waals surface area contributed by atoms with E-state index in [1.54, 1.807) is 31.2 Å². The molecule has 178 valence electrons. The maximum Gasteiger partial charge on any atom is 0.345 e. The summed E-state index contributed by atoms with van der Waals surface area (Å²) in [6.45, 7) is 1.24. The van der Waals surface area contributed by atoms with Gasteiger partial charge in [-0.15, -0.1) is 11.3 Å². The molecular weight excluding hydrogens is 467 g/mol. The molecule has 2 aromatic carbocycles. The number of nitrogens with zero attached hydrogens (tertiary/aromatic N) is 1. The third-order valence-electron chi connectivity index (χ3n) is 4.67. The Labute approximate surface area is 198 Å². The van der Waals surface area contributed by atoms with Gasteiger partial charge in [-0.2, -0.15) is 0 Å². The van der Waals surface area contributed by atoms with Crippen molar-refractivity contribution in [3.05, 3.63) is 85.8 Å². The van der Waals surface area contributed by atoms with E-state index in [4.69, 9.17) is 14.2 Å². The number of nitro groups is 1. The molecule has 0 aliphatic rings. The highest BCUT2D eigenvalue weighted by molar-refractivity contribution is 7.10. The third-order valence-corrected chi connectivity index (χ3v) is 5.61. The molecule has 3 aromatic rings. The first-order chi connectivity index (χ1) is 16.3. The van der Waals surface area contributed by atoms with E-state index in [0.717, 1.165) is 17.0 Å². The van der Waals surface area contributed by atoms with Crippen LogP contribution in [0, 0.1) is 15.9 Å². The van der Waals surface area contributed by atoms with Crippen molar-refractivity contribution >= 4 is 28.9 Å². The standard InChI is InChI=1S/C23H21FN2O7S/c1-3-32-19-12-17(26(29)30)16(11-18(19)31-2)23(28)33-13-21(27)25-22(20-5-4-10-34-20)14-6-8-15(24)9-7-14/h4-12,22H,3,13H2,1-2H3,(H,25,27). The van der Waals surface area contributed by atoms with Gasteiger partial charge in [0.05, 0.1) is 30.7 Å². The van der Waals surface area contributed by atoms with Gasteiger partial charge in [-0.25, -0.2) is 9.18 Å². The van der Waals surface area contributed by atoms with Crippen molar-refractivity contribution in [2.45, 2.75) is 13.0 Å². The van der Waals surface area contributed by atoms with Crippen molar-refractivity contribution in [1.82, 2.24) is 5.32 Å². The van der Waals surface area contributed by atoms with Crippen LogP contribution >= 0.6 is 11.3 Å². The van der Waals surface area contributed by atoms with Crippen LogP contribution in [0.15, 0.2) is 53.9 Å². The minimum Gasteiger partial charge on any atom is -0.493 e. The average molecular weight is 488 g/mol. The van der Waals surface area contributed by atoms with Gasteiger partial charge < -0.3 is 19.5 Å². The molecule has 9 nitrogen and oxygen atoms in total. The van der Waals surface area contributed by atoms with E-state index < -0.39 is 41.0 Å². The SMILES string of the molecule is CCOc1cc([N+](=O)[O-])c(C(=O)OCC(=O)NC(c2ccc(F)cc2)c2cccs2)cc1OC. The smallest absolute Gasteiger partial charge is 0.345 e. The summed E-state index contributed by atoms with van der Waals surface area (Å²) in [5.41, 5.74) is -0.292. The Kier molecular flexibility index (Phi) is 8.14. The van der Waals surface area contributed by atoms with Crippen molar-refractivity contribution in [2.75, 3.05) is 20.3 Å². The highest BCUT2D eigenvalue weighted by atomic mass is 32.1. The van der Waals surface area contributed by atoms with Gasteiger partial charge in [0.25, 0.3) is 11.6 Å². The Bertz CT molecular complexity index is 1170. The van der Waals surface area contributed by atoms with Gasteiger partial charge in [0, 0.05) is 10.9 Å². The highest BCUT2D eigenvalue weighted by Gasteiger charge is 2.27. The van der Waals surface area contributed by atoms with Gasteiger partial charge in [-0.1, -0.05) is 18.2 Å². The number of amides is 1. The summed E-state index contributed by atoms with van der Waals surface area (Å²) in [5.74, 6) is -1.92. The van der Waals surface area contributed by atoms with Crippen LogP contribution in [0.2, 0.25) is 0 Å². The molecule has 0 saturated heterocycles. The maximum absolute atomic E-state index is 13.3. The second-order valence-electron chi connectivity index (χ2n) is 6.85. The summed E-state index contributed by atoms with van der Waals surface area (Å²) in [7, 11) is 1.33. The van der Waals surface area contributed by atoms with Crippen LogP contribution in [-0.4, -0.2) is 37.1 Å². The van der Waals surface area contributed by atoms with Gasteiger partial charge in [0.1, 0.15) is 11.4 Å². The number of rotatable bonds is 10. The molecular formula is C23H21FN2O7S. The second-order valence-corrected chi connectivity index (χ2v) is 7.83. The average Bonchev–Trinajstić information content (AvgIpc) is 3.36. The third kappa shape index (κ3) is 5.87. The normalized spacial score (nSPS) is 11.4. The molecule has 0 aliphatic carbocycles. The van der Waals surface area contributed by atoms with Crippen LogP contribution in [0.1, 0.15) is 33.8 Å². The summed E-state index contributed by atoms with van der Waals surface area (Å²) in [6.07, 6.45) is 0. The lowest BCUT2D eigenvalue weighted by Crippen LogP contribution is -2.32. The van der Waals surface area contributed by atoms with Crippen molar-refractivity contribution in [3.8, 4) is 11.5 Å². The molecule has 3 rings (SSSR count). The summed E-state index contributed by atoms with van der Waals surface area (Å²) >= 11 is 1.39. The summed E-state index contributed by atoms with van der Waals surface area (Å²) in [5, 5.41) is 16.0. The predicted molar refractivity (Wildman–Crippen MR) is 122 cm³/mol. The number of carbonyl (C=O) groups is 2. The highest BCUT2D eigenvalue weighted by Crippen LogP contribution is 2.35. The van der Waals surface area contributed by atoms with Gasteiger partial charge in [0.15, 0.2) is 18.1 Å². The zero-order chi connectivity index (χ0) is 24.7. The summed E-state index contributed by atoms with van der Waals surface area (Å²) < 4.78 is 28.8. The monoisotopic (exact) mass is 488 g/mol. The van der Waals surface area contributed by atoms with Crippen LogP contribution in [0.3, 0.4) is 0 Å². The Morgan fingerprint density at radius 2 is 1.91 bits per heavy atom. The molecule has 1 unspecified atom stereocenters. The molecule has 0 radical (unpaired) electrons. The van der Waals surface area contributed by atoms with Crippen LogP contribution in [0.25, 0.3) is 0 Å². The predicted octanol–water partition coefficient (Wildman–Crippen LogP) is 4.27. The summed E-state index contributed by atoms with van der Waals surface area (Å²) in [6, 6.07) is 10.9. The van der Waals surface area contributed by atoms with Crippen LogP contribution < -0.4 is 14.8 Å². The maximum atomic E-state index is 13.3. The number of nitro benzene ring substituents is 1. The first kappa shape index (κ1) is 24.6.